The van der Waals surface area contributed by atoms with Gasteiger partial charge in [0.15, 0.2) is 0 Å². The van der Waals surface area contributed by atoms with Crippen molar-refractivity contribution in [3.63, 3.8) is 0 Å². The van der Waals surface area contributed by atoms with Gasteiger partial charge >= 0.3 is 5.97 Å². The lowest BCUT2D eigenvalue weighted by Crippen LogP contribution is -2.19. The SMILES string of the molecule is CC(C=CC1=C(C)CCCC1(C)C)=C/C=C(CCO)\C(C)=C/C(=O)O. The molecule has 3 nitrogen and oxygen atoms in total. The Balaban J connectivity index is 3.00. The largest absolute Gasteiger partial charge is 0.478 e. The first-order valence-electron chi connectivity index (χ1n) is 8.95. The lowest BCUT2D eigenvalue weighted by molar-refractivity contribution is -0.131. The molecule has 0 spiro atoms. The van der Waals surface area contributed by atoms with Crippen molar-refractivity contribution in [2.24, 2.45) is 5.41 Å². The second-order valence-corrected chi connectivity index (χ2v) is 7.51. The monoisotopic (exact) mass is 344 g/mol. The average molecular weight is 344 g/mol. The van der Waals surface area contributed by atoms with Gasteiger partial charge in [-0.3, -0.25) is 0 Å². The fourth-order valence-corrected chi connectivity index (χ4v) is 3.32. The van der Waals surface area contributed by atoms with Crippen LogP contribution in [0.1, 0.15) is 60.3 Å². The van der Waals surface area contributed by atoms with E-state index in [4.69, 9.17) is 5.11 Å². The standard InChI is InChI=1S/C22H32O3/c1-16(8-10-19(12-14-23)18(3)15-21(24)25)9-11-20-17(2)7-6-13-22(20,4)5/h8-11,15,23H,6-7,12-14H2,1-5H3,(H,24,25)/b11-9?,16-8?,18-15-,19-10-. The molecule has 0 aromatic rings. The van der Waals surface area contributed by atoms with Crippen LogP contribution in [0.4, 0.5) is 0 Å². The maximum atomic E-state index is 10.8. The van der Waals surface area contributed by atoms with Crippen LogP contribution in [0.3, 0.4) is 0 Å². The van der Waals surface area contributed by atoms with Crippen molar-refractivity contribution in [1.29, 1.82) is 0 Å². The van der Waals surface area contributed by atoms with Gasteiger partial charge in [-0.1, -0.05) is 49.3 Å². The molecule has 1 aliphatic carbocycles. The minimum absolute atomic E-state index is 0.000368. The number of carboxylic acids is 1. The molecule has 0 fully saturated rings. The van der Waals surface area contributed by atoms with Crippen LogP contribution in [0.5, 0.6) is 0 Å². The topological polar surface area (TPSA) is 57.5 Å². The van der Waals surface area contributed by atoms with E-state index < -0.39 is 5.97 Å². The van der Waals surface area contributed by atoms with Gasteiger partial charge in [-0.05, 0) is 68.6 Å². The van der Waals surface area contributed by atoms with E-state index in [2.05, 4.69) is 32.9 Å². The van der Waals surface area contributed by atoms with Gasteiger partial charge in [0.2, 0.25) is 0 Å². The van der Waals surface area contributed by atoms with Crippen LogP contribution < -0.4 is 0 Å². The third-order valence-electron chi connectivity index (χ3n) is 4.83. The van der Waals surface area contributed by atoms with Gasteiger partial charge in [-0.25, -0.2) is 4.79 Å². The van der Waals surface area contributed by atoms with E-state index >= 15 is 0 Å². The lowest BCUT2D eigenvalue weighted by atomic mass is 9.72. The summed E-state index contributed by atoms with van der Waals surface area (Å²) >= 11 is 0. The Morgan fingerprint density at radius 1 is 1.24 bits per heavy atom. The predicted octanol–water partition coefficient (Wildman–Crippen LogP) is 5.36. The molecule has 0 saturated heterocycles. The number of rotatable bonds is 7. The maximum Gasteiger partial charge on any atom is 0.328 e. The van der Waals surface area contributed by atoms with Gasteiger partial charge in [0, 0.05) is 12.7 Å². The fourth-order valence-electron chi connectivity index (χ4n) is 3.32. The first-order chi connectivity index (χ1) is 11.7. The molecule has 0 atom stereocenters. The van der Waals surface area contributed by atoms with E-state index in [0.717, 1.165) is 11.1 Å². The third-order valence-corrected chi connectivity index (χ3v) is 4.83. The number of aliphatic carboxylic acids is 1. The molecule has 0 aliphatic heterocycles. The van der Waals surface area contributed by atoms with E-state index in [9.17, 15) is 9.90 Å². The zero-order valence-electron chi connectivity index (χ0n) is 16.2. The molecule has 2 N–H and O–H groups in total. The van der Waals surface area contributed by atoms with Crippen molar-refractivity contribution in [1.82, 2.24) is 0 Å². The molecular formula is C22H32O3. The minimum atomic E-state index is -0.969. The number of aliphatic hydroxyl groups excluding tert-OH is 1. The normalized spacial score (nSPS) is 19.7. The highest BCUT2D eigenvalue weighted by molar-refractivity contribution is 5.81. The first kappa shape index (κ1) is 21.2. The molecular weight excluding hydrogens is 312 g/mol. The molecule has 138 valence electrons. The Morgan fingerprint density at radius 3 is 2.48 bits per heavy atom. The van der Waals surface area contributed by atoms with E-state index in [1.807, 2.05) is 19.1 Å². The van der Waals surface area contributed by atoms with Crippen LogP contribution in [-0.4, -0.2) is 22.8 Å². The summed E-state index contributed by atoms with van der Waals surface area (Å²) in [7, 11) is 0. The summed E-state index contributed by atoms with van der Waals surface area (Å²) in [5, 5.41) is 18.1. The van der Waals surface area contributed by atoms with E-state index in [-0.39, 0.29) is 12.0 Å². The highest BCUT2D eigenvalue weighted by atomic mass is 16.4. The highest BCUT2D eigenvalue weighted by Gasteiger charge is 2.26. The molecule has 3 heteroatoms. The van der Waals surface area contributed by atoms with Gasteiger partial charge in [-0.15, -0.1) is 0 Å². The van der Waals surface area contributed by atoms with Crippen molar-refractivity contribution in [2.45, 2.75) is 60.3 Å². The van der Waals surface area contributed by atoms with Crippen LogP contribution in [0.2, 0.25) is 0 Å². The molecule has 0 bridgehead atoms. The third kappa shape index (κ3) is 6.87. The molecule has 0 unspecified atom stereocenters. The van der Waals surface area contributed by atoms with E-state index in [1.54, 1.807) is 6.92 Å². The molecule has 0 aromatic carbocycles. The van der Waals surface area contributed by atoms with Crippen LogP contribution in [-0.2, 0) is 4.79 Å². The molecule has 0 radical (unpaired) electrons. The molecule has 1 rings (SSSR count). The molecule has 0 amide bonds. The van der Waals surface area contributed by atoms with Crippen LogP contribution in [0, 0.1) is 5.41 Å². The number of allylic oxidation sites excluding steroid dienone is 8. The smallest absolute Gasteiger partial charge is 0.328 e. The van der Waals surface area contributed by atoms with Gasteiger partial charge in [0.25, 0.3) is 0 Å². The lowest BCUT2D eigenvalue weighted by Gasteiger charge is -2.32. The Bertz CT molecular complexity index is 640. The minimum Gasteiger partial charge on any atom is -0.478 e. The van der Waals surface area contributed by atoms with Crippen LogP contribution in [0.15, 0.2) is 58.2 Å². The summed E-state index contributed by atoms with van der Waals surface area (Å²) in [6.07, 6.45) is 13.5. The summed E-state index contributed by atoms with van der Waals surface area (Å²) in [5.74, 6) is -0.969. The zero-order chi connectivity index (χ0) is 19.0. The highest BCUT2D eigenvalue weighted by Crippen LogP contribution is 2.40. The summed E-state index contributed by atoms with van der Waals surface area (Å²) in [6, 6.07) is 0. The Morgan fingerprint density at radius 2 is 1.92 bits per heavy atom. The Kier molecular flexibility index (Phi) is 8.11. The predicted molar refractivity (Wildman–Crippen MR) is 104 cm³/mol. The number of aliphatic hydroxyl groups is 1. The van der Waals surface area contributed by atoms with Crippen molar-refractivity contribution < 1.29 is 15.0 Å². The number of carbonyl (C=O) groups is 1. The average Bonchev–Trinajstić information content (AvgIpc) is 2.49. The van der Waals surface area contributed by atoms with Gasteiger partial charge in [0.05, 0.1) is 0 Å². The van der Waals surface area contributed by atoms with Crippen LogP contribution >= 0.6 is 0 Å². The molecule has 0 aromatic heterocycles. The summed E-state index contributed by atoms with van der Waals surface area (Å²) in [4.78, 5) is 10.8. The summed E-state index contributed by atoms with van der Waals surface area (Å²) in [5.41, 5.74) is 5.72. The summed E-state index contributed by atoms with van der Waals surface area (Å²) < 4.78 is 0. The fraction of sp³-hybridized carbons (Fsp3) is 0.500. The number of carboxylic acid groups (broad SMARTS) is 1. The molecule has 25 heavy (non-hydrogen) atoms. The van der Waals surface area contributed by atoms with Crippen molar-refractivity contribution in [3.8, 4) is 0 Å². The second kappa shape index (κ2) is 9.57. The van der Waals surface area contributed by atoms with Gasteiger partial charge in [0.1, 0.15) is 0 Å². The van der Waals surface area contributed by atoms with Gasteiger partial charge < -0.3 is 10.2 Å². The van der Waals surface area contributed by atoms with Gasteiger partial charge in [-0.2, -0.15) is 0 Å². The quantitative estimate of drug-likeness (QED) is 0.483. The maximum absolute atomic E-state index is 10.8. The Hall–Kier alpha value is -1.87. The molecule has 1 aliphatic rings. The van der Waals surface area contributed by atoms with Crippen molar-refractivity contribution in [3.05, 3.63) is 58.2 Å². The second-order valence-electron chi connectivity index (χ2n) is 7.51. The van der Waals surface area contributed by atoms with E-state index in [0.29, 0.717) is 12.0 Å². The van der Waals surface area contributed by atoms with Crippen LogP contribution in [0.25, 0.3) is 0 Å². The molecule has 0 heterocycles. The Labute approximate surface area is 152 Å². The zero-order valence-corrected chi connectivity index (χ0v) is 16.2. The first-order valence-corrected chi connectivity index (χ1v) is 8.95. The van der Waals surface area contributed by atoms with E-state index in [1.165, 1.54) is 36.5 Å². The van der Waals surface area contributed by atoms with Crippen molar-refractivity contribution in [2.75, 3.05) is 6.61 Å². The molecule has 0 saturated carbocycles. The number of hydrogen-bond acceptors (Lipinski definition) is 2. The van der Waals surface area contributed by atoms with Crippen molar-refractivity contribution >= 4 is 5.97 Å². The summed E-state index contributed by atoms with van der Waals surface area (Å²) in [6.45, 7) is 10.6. The number of hydrogen-bond donors (Lipinski definition) is 2.